The molecule has 0 saturated carbocycles. The second kappa shape index (κ2) is 7.68. The van der Waals surface area contributed by atoms with Crippen molar-refractivity contribution >= 4 is 6.03 Å². The average molecular weight is 341 g/mol. The third-order valence-electron chi connectivity index (χ3n) is 5.01. The van der Waals surface area contributed by atoms with Gasteiger partial charge in [-0.25, -0.2) is 9.78 Å². The predicted octanol–water partition coefficient (Wildman–Crippen LogP) is 3.23. The van der Waals surface area contributed by atoms with E-state index in [9.17, 15) is 4.79 Å². The van der Waals surface area contributed by atoms with Crippen LogP contribution in [0.2, 0.25) is 0 Å². The summed E-state index contributed by atoms with van der Waals surface area (Å²) in [5.41, 5.74) is 2.31. The first-order valence-corrected chi connectivity index (χ1v) is 9.12. The Morgan fingerprint density at radius 2 is 2.00 bits per heavy atom. The Labute approximate surface area is 149 Å². The highest BCUT2D eigenvalue weighted by molar-refractivity contribution is 5.75. The molecule has 6 heteroatoms. The Morgan fingerprint density at radius 3 is 2.68 bits per heavy atom. The number of nitrogens with zero attached hydrogens (tertiary/aromatic N) is 5. The van der Waals surface area contributed by atoms with Gasteiger partial charge < -0.3 is 14.4 Å². The van der Waals surface area contributed by atoms with E-state index >= 15 is 0 Å². The lowest BCUT2D eigenvalue weighted by atomic mass is 10.2. The maximum atomic E-state index is 12.9. The SMILES string of the molecule is CCN(CC)C(=O)N1CCCC1c1ncc(C)n1Cc1ccncc1. The number of aryl methyl sites for hydroxylation is 1. The number of pyridine rings is 1. The molecule has 2 amide bonds. The third kappa shape index (κ3) is 3.52. The highest BCUT2D eigenvalue weighted by atomic mass is 16.2. The molecule has 3 rings (SSSR count). The van der Waals surface area contributed by atoms with E-state index in [1.165, 1.54) is 5.56 Å². The van der Waals surface area contributed by atoms with Gasteiger partial charge >= 0.3 is 6.03 Å². The fourth-order valence-corrected chi connectivity index (χ4v) is 3.56. The van der Waals surface area contributed by atoms with Crippen LogP contribution in [-0.4, -0.2) is 50.0 Å². The van der Waals surface area contributed by atoms with Crippen LogP contribution >= 0.6 is 0 Å². The summed E-state index contributed by atoms with van der Waals surface area (Å²) in [7, 11) is 0. The van der Waals surface area contributed by atoms with Crippen molar-refractivity contribution in [2.24, 2.45) is 0 Å². The molecule has 1 fully saturated rings. The van der Waals surface area contributed by atoms with E-state index in [1.54, 1.807) is 0 Å². The van der Waals surface area contributed by atoms with E-state index in [1.807, 2.05) is 54.4 Å². The molecule has 1 aliphatic heterocycles. The van der Waals surface area contributed by atoms with Gasteiger partial charge in [-0.3, -0.25) is 4.98 Å². The zero-order valence-electron chi connectivity index (χ0n) is 15.4. The molecule has 0 radical (unpaired) electrons. The van der Waals surface area contributed by atoms with E-state index in [0.29, 0.717) is 0 Å². The molecule has 25 heavy (non-hydrogen) atoms. The zero-order valence-corrected chi connectivity index (χ0v) is 15.4. The average Bonchev–Trinajstić information content (AvgIpc) is 3.24. The number of hydrogen-bond acceptors (Lipinski definition) is 3. The van der Waals surface area contributed by atoms with Crippen LogP contribution < -0.4 is 0 Å². The van der Waals surface area contributed by atoms with Crippen molar-refractivity contribution in [3.05, 3.63) is 47.8 Å². The quantitative estimate of drug-likeness (QED) is 0.839. The number of likely N-dealkylation sites (tertiary alicyclic amines) is 1. The highest BCUT2D eigenvalue weighted by Crippen LogP contribution is 2.32. The molecule has 6 nitrogen and oxygen atoms in total. The number of carbonyl (C=O) groups excluding carboxylic acids is 1. The Bertz CT molecular complexity index is 708. The summed E-state index contributed by atoms with van der Waals surface area (Å²) in [6.07, 6.45) is 7.54. The minimum Gasteiger partial charge on any atom is -0.326 e. The maximum Gasteiger partial charge on any atom is 0.320 e. The van der Waals surface area contributed by atoms with E-state index in [4.69, 9.17) is 0 Å². The van der Waals surface area contributed by atoms with Gasteiger partial charge in [0.15, 0.2) is 0 Å². The molecule has 2 aromatic heterocycles. The van der Waals surface area contributed by atoms with Gasteiger partial charge in [0.05, 0.1) is 6.04 Å². The molecule has 3 heterocycles. The van der Waals surface area contributed by atoms with Crippen molar-refractivity contribution in [3.63, 3.8) is 0 Å². The standard InChI is InChI=1S/C19H27N5O/c1-4-22(5-2)19(25)23-12-6-7-17(23)18-21-13-15(3)24(18)14-16-8-10-20-11-9-16/h8-11,13,17H,4-7,12,14H2,1-3H3. The number of carbonyl (C=O) groups is 1. The number of imidazole rings is 1. The molecule has 1 atom stereocenters. The van der Waals surface area contributed by atoms with Gasteiger partial charge in [-0.05, 0) is 51.3 Å². The second-order valence-electron chi connectivity index (χ2n) is 6.51. The molecule has 1 saturated heterocycles. The maximum absolute atomic E-state index is 12.9. The van der Waals surface area contributed by atoms with Crippen molar-refractivity contribution in [3.8, 4) is 0 Å². The molecule has 0 spiro atoms. The van der Waals surface area contributed by atoms with E-state index in [2.05, 4.69) is 21.5 Å². The minimum atomic E-state index is 0.0589. The lowest BCUT2D eigenvalue weighted by Crippen LogP contribution is -2.43. The fourth-order valence-electron chi connectivity index (χ4n) is 3.56. The fraction of sp³-hybridized carbons (Fsp3) is 0.526. The van der Waals surface area contributed by atoms with Gasteiger partial charge in [0.25, 0.3) is 0 Å². The summed E-state index contributed by atoms with van der Waals surface area (Å²) in [6, 6.07) is 4.24. The molecule has 0 aromatic carbocycles. The third-order valence-corrected chi connectivity index (χ3v) is 5.01. The lowest BCUT2D eigenvalue weighted by molar-refractivity contribution is 0.150. The Balaban J connectivity index is 1.87. The number of aromatic nitrogens is 3. The topological polar surface area (TPSA) is 54.3 Å². The molecule has 1 unspecified atom stereocenters. The van der Waals surface area contributed by atoms with Crippen LogP contribution in [0.1, 0.15) is 49.8 Å². The molecule has 2 aromatic rings. The first-order chi connectivity index (χ1) is 12.2. The number of rotatable bonds is 5. The van der Waals surface area contributed by atoms with Crippen molar-refractivity contribution in [2.75, 3.05) is 19.6 Å². The van der Waals surface area contributed by atoms with Crippen LogP contribution in [0.3, 0.4) is 0 Å². The highest BCUT2D eigenvalue weighted by Gasteiger charge is 2.34. The molecular formula is C19H27N5O. The summed E-state index contributed by atoms with van der Waals surface area (Å²) < 4.78 is 2.23. The van der Waals surface area contributed by atoms with Crippen molar-refractivity contribution in [1.29, 1.82) is 0 Å². The predicted molar refractivity (Wildman–Crippen MR) is 97.3 cm³/mol. The van der Waals surface area contributed by atoms with Crippen LogP contribution in [0, 0.1) is 6.92 Å². The summed E-state index contributed by atoms with van der Waals surface area (Å²) in [5, 5.41) is 0. The van der Waals surface area contributed by atoms with Crippen molar-refractivity contribution in [2.45, 2.75) is 46.2 Å². The van der Waals surface area contributed by atoms with Crippen LogP contribution in [0.15, 0.2) is 30.7 Å². The van der Waals surface area contributed by atoms with Crippen LogP contribution in [0.4, 0.5) is 4.79 Å². The summed E-state index contributed by atoms with van der Waals surface area (Å²) in [4.78, 5) is 25.5. The number of urea groups is 1. The molecule has 0 aliphatic carbocycles. The van der Waals surface area contributed by atoms with E-state index in [0.717, 1.165) is 50.5 Å². The lowest BCUT2D eigenvalue weighted by Gasteiger charge is -2.30. The summed E-state index contributed by atoms with van der Waals surface area (Å²) in [6.45, 7) is 9.17. The van der Waals surface area contributed by atoms with Gasteiger partial charge in [-0.15, -0.1) is 0 Å². The second-order valence-corrected chi connectivity index (χ2v) is 6.51. The Hall–Kier alpha value is -2.37. The summed E-state index contributed by atoms with van der Waals surface area (Å²) in [5.74, 6) is 0.993. The molecule has 0 N–H and O–H groups in total. The minimum absolute atomic E-state index is 0.0589. The van der Waals surface area contributed by atoms with Crippen LogP contribution in [0.5, 0.6) is 0 Å². The van der Waals surface area contributed by atoms with Gasteiger partial charge in [0.2, 0.25) is 0 Å². The first kappa shape index (κ1) is 17.5. The van der Waals surface area contributed by atoms with E-state index < -0.39 is 0 Å². The van der Waals surface area contributed by atoms with E-state index in [-0.39, 0.29) is 12.1 Å². The Kier molecular flexibility index (Phi) is 5.36. The van der Waals surface area contributed by atoms with Gasteiger partial charge in [0.1, 0.15) is 5.82 Å². The number of amides is 2. The van der Waals surface area contributed by atoms with Gasteiger partial charge in [0, 0.05) is 50.5 Å². The summed E-state index contributed by atoms with van der Waals surface area (Å²) >= 11 is 0. The first-order valence-electron chi connectivity index (χ1n) is 9.12. The molecule has 134 valence electrons. The van der Waals surface area contributed by atoms with Crippen LogP contribution in [0.25, 0.3) is 0 Å². The van der Waals surface area contributed by atoms with Crippen LogP contribution in [-0.2, 0) is 6.54 Å². The normalized spacial score (nSPS) is 17.1. The molecule has 0 bridgehead atoms. The van der Waals surface area contributed by atoms with Gasteiger partial charge in [-0.2, -0.15) is 0 Å². The zero-order chi connectivity index (χ0) is 17.8. The smallest absolute Gasteiger partial charge is 0.320 e. The Morgan fingerprint density at radius 1 is 1.28 bits per heavy atom. The monoisotopic (exact) mass is 341 g/mol. The van der Waals surface area contributed by atoms with Crippen molar-refractivity contribution < 1.29 is 4.79 Å². The van der Waals surface area contributed by atoms with Crippen molar-refractivity contribution in [1.82, 2.24) is 24.3 Å². The number of hydrogen-bond donors (Lipinski definition) is 0. The largest absolute Gasteiger partial charge is 0.326 e. The molecular weight excluding hydrogens is 314 g/mol. The molecule has 1 aliphatic rings. The van der Waals surface area contributed by atoms with Gasteiger partial charge in [-0.1, -0.05) is 0 Å².